The molecule has 0 saturated carbocycles. The van der Waals surface area contributed by atoms with E-state index < -0.39 is 42.6 Å². The molecule has 1 aliphatic rings. The Morgan fingerprint density at radius 1 is 1.33 bits per heavy atom. The van der Waals surface area contributed by atoms with E-state index in [0.29, 0.717) is 0 Å². The zero-order chi connectivity index (χ0) is 11.8. The normalized spacial score (nSPS) is 46.5. The van der Waals surface area contributed by atoms with E-state index in [1.165, 1.54) is 0 Å². The number of hydrogen-bond donors (Lipinski definition) is 5. The summed E-state index contributed by atoms with van der Waals surface area (Å²) in [6.45, 7) is 0.422. The van der Waals surface area contributed by atoms with E-state index in [1.807, 2.05) is 0 Å². The molecule has 7 nitrogen and oxygen atoms in total. The van der Waals surface area contributed by atoms with Crippen molar-refractivity contribution in [3.8, 4) is 0 Å². The van der Waals surface area contributed by atoms with Gasteiger partial charge in [-0.3, -0.25) is 0 Å². The summed E-state index contributed by atoms with van der Waals surface area (Å²) in [5.41, 5.74) is -2.04. The highest BCUT2D eigenvalue weighted by Gasteiger charge is 2.55. The topological polar surface area (TPSA) is 127 Å². The molecule has 1 aliphatic heterocycles. The molecule has 0 unspecified atom stereocenters. The Labute approximate surface area is 85.5 Å². The summed E-state index contributed by atoms with van der Waals surface area (Å²) in [5.74, 6) is -1.47. The van der Waals surface area contributed by atoms with E-state index in [1.54, 1.807) is 0 Å². The molecular weight excluding hydrogens is 208 g/mol. The molecule has 0 aliphatic carbocycles. The van der Waals surface area contributed by atoms with Crippen LogP contribution in [0, 0.1) is 0 Å². The Kier molecular flexibility index (Phi) is 3.31. The Bertz CT molecular complexity index is 253. The maximum Gasteiger partial charge on any atom is 0.338 e. The van der Waals surface area contributed by atoms with Gasteiger partial charge in [0, 0.05) is 0 Å². The van der Waals surface area contributed by atoms with Gasteiger partial charge in [0.25, 0.3) is 0 Å². The second-order valence-corrected chi connectivity index (χ2v) is 3.68. The van der Waals surface area contributed by atoms with Crippen molar-refractivity contribution in [1.29, 1.82) is 0 Å². The summed E-state index contributed by atoms with van der Waals surface area (Å²) >= 11 is 0. The number of rotatable bonds is 2. The number of ether oxygens (including phenoxy) is 1. The molecule has 1 rings (SSSR count). The first-order valence-corrected chi connectivity index (χ1v) is 4.41. The summed E-state index contributed by atoms with van der Waals surface area (Å²) in [4.78, 5) is 10.8. The van der Waals surface area contributed by atoms with Gasteiger partial charge in [0.15, 0.2) is 5.60 Å². The molecular formula is C8H14O7. The van der Waals surface area contributed by atoms with Gasteiger partial charge in [-0.25, -0.2) is 4.79 Å². The van der Waals surface area contributed by atoms with Crippen molar-refractivity contribution in [1.82, 2.24) is 0 Å². The van der Waals surface area contributed by atoms with Gasteiger partial charge in [0.2, 0.25) is 0 Å². The zero-order valence-electron chi connectivity index (χ0n) is 8.07. The van der Waals surface area contributed by atoms with Gasteiger partial charge in [-0.15, -0.1) is 0 Å². The molecule has 88 valence electrons. The van der Waals surface area contributed by atoms with E-state index in [0.717, 1.165) is 6.92 Å². The van der Waals surface area contributed by atoms with Crippen LogP contribution in [0.15, 0.2) is 0 Å². The summed E-state index contributed by atoms with van der Waals surface area (Å²) in [6, 6.07) is 0. The van der Waals surface area contributed by atoms with Gasteiger partial charge < -0.3 is 30.3 Å². The second kappa shape index (κ2) is 4.03. The molecule has 1 heterocycles. The molecule has 5 N–H and O–H groups in total. The fourth-order valence-corrected chi connectivity index (χ4v) is 1.51. The minimum atomic E-state index is -2.04. The number of carboxylic acids is 1. The van der Waals surface area contributed by atoms with Gasteiger partial charge in [-0.1, -0.05) is 0 Å². The Balaban J connectivity index is 2.97. The maximum absolute atomic E-state index is 10.8. The predicted molar refractivity (Wildman–Crippen MR) is 46.0 cm³/mol. The first kappa shape index (κ1) is 12.3. The van der Waals surface area contributed by atoms with Crippen LogP contribution in [0.3, 0.4) is 0 Å². The van der Waals surface area contributed by atoms with Crippen LogP contribution in [-0.2, 0) is 9.53 Å². The van der Waals surface area contributed by atoms with Crippen molar-refractivity contribution in [2.45, 2.75) is 36.9 Å². The molecule has 0 radical (unpaired) electrons. The number of hydrogen-bond acceptors (Lipinski definition) is 6. The lowest BCUT2D eigenvalue weighted by Gasteiger charge is -2.44. The van der Waals surface area contributed by atoms with Gasteiger partial charge >= 0.3 is 5.97 Å². The fraction of sp³-hybridized carbons (Fsp3) is 0.875. The van der Waals surface area contributed by atoms with Crippen LogP contribution in [0.4, 0.5) is 0 Å². The van der Waals surface area contributed by atoms with Crippen LogP contribution in [0.5, 0.6) is 0 Å². The van der Waals surface area contributed by atoms with Crippen molar-refractivity contribution < 1.29 is 35.1 Å². The molecule has 1 saturated heterocycles. The molecule has 0 spiro atoms. The second-order valence-electron chi connectivity index (χ2n) is 3.68. The summed E-state index contributed by atoms with van der Waals surface area (Å²) in [7, 11) is 0. The SMILES string of the molecule is C[C@@]1(C(=O)O)O[C@H](CO)[C@H](O)[C@H](O)[C@H]1O. The lowest BCUT2D eigenvalue weighted by Crippen LogP contribution is -2.66. The van der Waals surface area contributed by atoms with E-state index >= 15 is 0 Å². The van der Waals surface area contributed by atoms with Crippen molar-refractivity contribution >= 4 is 5.97 Å². The number of aliphatic carboxylic acids is 1. The van der Waals surface area contributed by atoms with Crippen LogP contribution < -0.4 is 0 Å². The largest absolute Gasteiger partial charge is 0.479 e. The summed E-state index contributed by atoms with van der Waals surface area (Å²) in [6.07, 6.45) is -6.17. The van der Waals surface area contributed by atoms with Crippen LogP contribution >= 0.6 is 0 Å². The minimum absolute atomic E-state index is 0.645. The van der Waals surface area contributed by atoms with Gasteiger partial charge in [-0.05, 0) is 6.92 Å². The molecule has 0 amide bonds. The van der Waals surface area contributed by atoms with Crippen LogP contribution in [0.2, 0.25) is 0 Å². The minimum Gasteiger partial charge on any atom is -0.479 e. The van der Waals surface area contributed by atoms with Crippen molar-refractivity contribution in [3.05, 3.63) is 0 Å². The number of carbonyl (C=O) groups is 1. The Morgan fingerprint density at radius 2 is 1.87 bits per heavy atom. The quantitative estimate of drug-likeness (QED) is 0.344. The molecule has 7 heteroatoms. The van der Waals surface area contributed by atoms with Crippen molar-refractivity contribution in [2.24, 2.45) is 0 Å². The number of aliphatic hydroxyl groups excluding tert-OH is 4. The first-order valence-electron chi connectivity index (χ1n) is 4.41. The molecule has 0 bridgehead atoms. The standard InChI is InChI=1S/C8H14O7/c1-8(7(13)14)6(12)5(11)4(10)3(2-9)15-8/h3-6,9-12H,2H2,1H3,(H,13,14)/t3-,4+,5+,6-,8-/m1/s1. The van der Waals surface area contributed by atoms with Crippen molar-refractivity contribution in [3.63, 3.8) is 0 Å². The van der Waals surface area contributed by atoms with Crippen LogP contribution in [-0.4, -0.2) is 68.1 Å². The van der Waals surface area contributed by atoms with E-state index in [9.17, 15) is 20.1 Å². The third-order valence-electron chi connectivity index (χ3n) is 2.62. The van der Waals surface area contributed by atoms with E-state index in [4.69, 9.17) is 14.9 Å². The molecule has 1 fully saturated rings. The average molecular weight is 222 g/mol. The van der Waals surface area contributed by atoms with E-state index in [-0.39, 0.29) is 0 Å². The number of aliphatic hydroxyl groups is 4. The Hall–Kier alpha value is -0.730. The predicted octanol–water partition coefficient (Wildman–Crippen LogP) is -2.70. The highest BCUT2D eigenvalue weighted by Crippen LogP contribution is 2.29. The molecule has 0 aromatic rings. The van der Waals surface area contributed by atoms with Gasteiger partial charge in [0.05, 0.1) is 6.61 Å². The molecule has 0 aromatic carbocycles. The summed E-state index contributed by atoms with van der Waals surface area (Å²) < 4.78 is 4.87. The highest BCUT2D eigenvalue weighted by molar-refractivity contribution is 5.78. The van der Waals surface area contributed by atoms with Crippen LogP contribution in [0.1, 0.15) is 6.92 Å². The third-order valence-corrected chi connectivity index (χ3v) is 2.62. The summed E-state index contributed by atoms with van der Waals surface area (Å²) in [5, 5.41) is 45.8. The van der Waals surface area contributed by atoms with Gasteiger partial charge in [0.1, 0.15) is 24.4 Å². The lowest BCUT2D eigenvalue weighted by atomic mass is 9.86. The van der Waals surface area contributed by atoms with Crippen LogP contribution in [0.25, 0.3) is 0 Å². The maximum atomic E-state index is 10.8. The fourth-order valence-electron chi connectivity index (χ4n) is 1.51. The van der Waals surface area contributed by atoms with E-state index in [2.05, 4.69) is 0 Å². The molecule has 0 aromatic heterocycles. The number of carboxylic acid groups (broad SMARTS) is 1. The monoisotopic (exact) mass is 222 g/mol. The average Bonchev–Trinajstić information content (AvgIpc) is 2.20. The van der Waals surface area contributed by atoms with Gasteiger partial charge in [-0.2, -0.15) is 0 Å². The highest BCUT2D eigenvalue weighted by atomic mass is 16.6. The molecule has 15 heavy (non-hydrogen) atoms. The first-order chi connectivity index (χ1) is 6.84. The lowest BCUT2D eigenvalue weighted by molar-refractivity contribution is -0.267. The Morgan fingerprint density at radius 3 is 2.27 bits per heavy atom. The zero-order valence-corrected chi connectivity index (χ0v) is 8.07. The smallest absolute Gasteiger partial charge is 0.338 e. The molecule has 5 atom stereocenters. The third kappa shape index (κ3) is 1.84. The van der Waals surface area contributed by atoms with Crippen molar-refractivity contribution in [2.75, 3.05) is 6.61 Å².